The molecule has 0 saturated carbocycles. The Kier molecular flexibility index (Phi) is 4.46. The van der Waals surface area contributed by atoms with E-state index in [1.807, 2.05) is 6.07 Å². The van der Waals surface area contributed by atoms with Crippen molar-refractivity contribution in [2.75, 3.05) is 6.54 Å². The number of nitrogens with two attached hydrogens (primary N) is 1. The Morgan fingerprint density at radius 1 is 1.31 bits per heavy atom. The Morgan fingerprint density at radius 2 is 1.94 bits per heavy atom. The summed E-state index contributed by atoms with van der Waals surface area (Å²) in [4.78, 5) is 0.328. The van der Waals surface area contributed by atoms with E-state index in [-0.39, 0.29) is 6.04 Å². The van der Waals surface area contributed by atoms with Gasteiger partial charge in [0.05, 0.1) is 4.90 Å². The molecule has 4 nitrogen and oxygen atoms in total. The summed E-state index contributed by atoms with van der Waals surface area (Å²) >= 11 is 0. The predicted molar refractivity (Wildman–Crippen MR) is 64.7 cm³/mol. The molecule has 0 aliphatic rings. The van der Waals surface area contributed by atoms with E-state index in [0.717, 1.165) is 5.56 Å². The number of hydrogen-bond acceptors (Lipinski definition) is 3. The minimum atomic E-state index is -3.42. The average Bonchev–Trinajstić information content (AvgIpc) is 2.17. The molecule has 90 valence electrons. The van der Waals surface area contributed by atoms with Crippen LogP contribution in [0.2, 0.25) is 0 Å². The first-order valence-electron chi connectivity index (χ1n) is 5.27. The Labute approximate surface area is 96.9 Å². The lowest BCUT2D eigenvalue weighted by atomic mass is 10.1. The zero-order valence-electron chi connectivity index (χ0n) is 9.60. The van der Waals surface area contributed by atoms with E-state index in [1.165, 1.54) is 0 Å². The van der Waals surface area contributed by atoms with Crippen LogP contribution in [0, 0.1) is 0 Å². The molecule has 0 unspecified atom stereocenters. The summed E-state index contributed by atoms with van der Waals surface area (Å²) in [6, 6.07) is 6.82. The highest BCUT2D eigenvalue weighted by Gasteiger charge is 2.18. The van der Waals surface area contributed by atoms with Crippen LogP contribution in [0.25, 0.3) is 0 Å². The van der Waals surface area contributed by atoms with Crippen LogP contribution < -0.4 is 10.5 Å². The van der Waals surface area contributed by atoms with Gasteiger partial charge in [-0.25, -0.2) is 13.1 Å². The molecule has 0 aliphatic carbocycles. The maximum absolute atomic E-state index is 12.0. The Morgan fingerprint density at radius 3 is 2.50 bits per heavy atom. The molecule has 0 aliphatic heterocycles. The van der Waals surface area contributed by atoms with E-state index in [0.29, 0.717) is 17.9 Å². The molecule has 16 heavy (non-hydrogen) atoms. The lowest BCUT2D eigenvalue weighted by Gasteiger charge is -2.12. The minimum absolute atomic E-state index is 0.115. The fourth-order valence-electron chi connectivity index (χ4n) is 1.50. The van der Waals surface area contributed by atoms with Gasteiger partial charge >= 0.3 is 0 Å². The van der Waals surface area contributed by atoms with Crippen molar-refractivity contribution in [2.24, 2.45) is 5.73 Å². The van der Waals surface area contributed by atoms with Crippen LogP contribution in [0.4, 0.5) is 0 Å². The van der Waals surface area contributed by atoms with Crippen LogP contribution in [-0.4, -0.2) is 21.0 Å². The Bertz CT molecular complexity index is 441. The van der Waals surface area contributed by atoms with Crippen molar-refractivity contribution < 1.29 is 8.42 Å². The zero-order valence-corrected chi connectivity index (χ0v) is 10.4. The number of benzene rings is 1. The molecule has 1 aromatic carbocycles. The summed E-state index contributed by atoms with van der Waals surface area (Å²) in [5.74, 6) is 0. The monoisotopic (exact) mass is 242 g/mol. The standard InChI is InChI=1S/C11H18N2O2S/c1-9(2)13-16(14,15)11-6-4-3-5-10(11)7-8-12/h3-6,9,13H,7-8,12H2,1-2H3. The van der Waals surface area contributed by atoms with Crippen molar-refractivity contribution in [3.05, 3.63) is 29.8 Å². The third-order valence-corrected chi connectivity index (χ3v) is 3.83. The summed E-state index contributed by atoms with van der Waals surface area (Å²) in [6.45, 7) is 4.03. The van der Waals surface area contributed by atoms with E-state index in [4.69, 9.17) is 5.73 Å². The second kappa shape index (κ2) is 5.43. The molecular weight excluding hydrogens is 224 g/mol. The molecule has 1 aromatic rings. The van der Waals surface area contributed by atoms with Crippen molar-refractivity contribution >= 4 is 10.0 Å². The van der Waals surface area contributed by atoms with E-state index >= 15 is 0 Å². The van der Waals surface area contributed by atoms with Gasteiger partial charge in [-0.2, -0.15) is 0 Å². The van der Waals surface area contributed by atoms with Crippen molar-refractivity contribution in [3.63, 3.8) is 0 Å². The number of hydrogen-bond donors (Lipinski definition) is 2. The van der Waals surface area contributed by atoms with Crippen LogP contribution in [0.5, 0.6) is 0 Å². The lowest BCUT2D eigenvalue weighted by molar-refractivity contribution is 0.568. The SMILES string of the molecule is CC(C)NS(=O)(=O)c1ccccc1CCN. The average molecular weight is 242 g/mol. The van der Waals surface area contributed by atoms with E-state index in [1.54, 1.807) is 32.0 Å². The molecule has 1 rings (SSSR count). The van der Waals surface area contributed by atoms with Crippen LogP contribution in [0.3, 0.4) is 0 Å². The molecule has 0 bridgehead atoms. The Hall–Kier alpha value is -0.910. The molecule has 0 aromatic heterocycles. The van der Waals surface area contributed by atoms with Gasteiger partial charge in [0, 0.05) is 6.04 Å². The highest BCUT2D eigenvalue weighted by atomic mass is 32.2. The third kappa shape index (κ3) is 3.30. The molecule has 0 saturated heterocycles. The molecule has 0 spiro atoms. The van der Waals surface area contributed by atoms with Crippen LogP contribution >= 0.6 is 0 Å². The first-order chi connectivity index (χ1) is 7.47. The van der Waals surface area contributed by atoms with Gasteiger partial charge < -0.3 is 5.73 Å². The van der Waals surface area contributed by atoms with Crippen LogP contribution in [0.15, 0.2) is 29.2 Å². The fraction of sp³-hybridized carbons (Fsp3) is 0.455. The quantitative estimate of drug-likeness (QED) is 0.805. The number of rotatable bonds is 5. The van der Waals surface area contributed by atoms with Gasteiger partial charge in [0.25, 0.3) is 0 Å². The maximum atomic E-state index is 12.0. The van der Waals surface area contributed by atoms with Crippen molar-refractivity contribution in [2.45, 2.75) is 31.2 Å². The largest absolute Gasteiger partial charge is 0.330 e. The molecular formula is C11H18N2O2S. The summed E-state index contributed by atoms with van der Waals surface area (Å²) in [6.07, 6.45) is 0.565. The van der Waals surface area contributed by atoms with E-state index in [2.05, 4.69) is 4.72 Å². The zero-order chi connectivity index (χ0) is 12.2. The fourth-order valence-corrected chi connectivity index (χ4v) is 3.02. The van der Waals surface area contributed by atoms with Crippen LogP contribution in [0.1, 0.15) is 19.4 Å². The highest BCUT2D eigenvalue weighted by molar-refractivity contribution is 7.89. The molecule has 0 amide bonds. The summed E-state index contributed by atoms with van der Waals surface area (Å²) < 4.78 is 26.5. The van der Waals surface area contributed by atoms with Crippen molar-refractivity contribution in [1.29, 1.82) is 0 Å². The molecule has 0 heterocycles. The second-order valence-electron chi connectivity index (χ2n) is 3.92. The van der Waals surface area contributed by atoms with Gasteiger partial charge in [-0.1, -0.05) is 18.2 Å². The maximum Gasteiger partial charge on any atom is 0.241 e. The van der Waals surface area contributed by atoms with Crippen molar-refractivity contribution in [1.82, 2.24) is 4.72 Å². The minimum Gasteiger partial charge on any atom is -0.330 e. The van der Waals surface area contributed by atoms with Gasteiger partial charge in [0.2, 0.25) is 10.0 Å². The predicted octanol–water partition coefficient (Wildman–Crippen LogP) is 0.875. The second-order valence-corrected chi connectivity index (χ2v) is 5.60. The van der Waals surface area contributed by atoms with Crippen molar-refractivity contribution in [3.8, 4) is 0 Å². The molecule has 0 atom stereocenters. The number of nitrogens with one attached hydrogen (secondary N) is 1. The molecule has 0 radical (unpaired) electrons. The van der Waals surface area contributed by atoms with E-state index < -0.39 is 10.0 Å². The smallest absolute Gasteiger partial charge is 0.241 e. The topological polar surface area (TPSA) is 72.2 Å². The normalized spacial score (nSPS) is 12.0. The van der Waals surface area contributed by atoms with Gasteiger partial charge in [0.15, 0.2) is 0 Å². The van der Waals surface area contributed by atoms with Crippen LogP contribution in [-0.2, 0) is 16.4 Å². The third-order valence-electron chi connectivity index (χ3n) is 2.07. The molecule has 3 N–H and O–H groups in total. The van der Waals surface area contributed by atoms with Gasteiger partial charge in [-0.05, 0) is 38.4 Å². The summed E-state index contributed by atoms with van der Waals surface area (Å²) in [5, 5.41) is 0. The summed E-state index contributed by atoms with van der Waals surface area (Å²) in [7, 11) is -3.42. The highest BCUT2D eigenvalue weighted by Crippen LogP contribution is 2.15. The Balaban J connectivity index is 3.11. The van der Waals surface area contributed by atoms with Gasteiger partial charge in [-0.15, -0.1) is 0 Å². The van der Waals surface area contributed by atoms with Gasteiger partial charge in [-0.3, -0.25) is 0 Å². The number of sulfonamides is 1. The summed E-state index contributed by atoms with van der Waals surface area (Å²) in [5.41, 5.74) is 6.22. The molecule has 5 heteroatoms. The first-order valence-corrected chi connectivity index (χ1v) is 6.76. The molecule has 0 fully saturated rings. The first kappa shape index (κ1) is 13.2. The van der Waals surface area contributed by atoms with E-state index in [9.17, 15) is 8.42 Å². The lowest BCUT2D eigenvalue weighted by Crippen LogP contribution is -2.31. The van der Waals surface area contributed by atoms with Gasteiger partial charge in [0.1, 0.15) is 0 Å².